The number of nitrogens with zero attached hydrogens (tertiary/aromatic N) is 2. The Morgan fingerprint density at radius 2 is 1.06 bits per heavy atom. The summed E-state index contributed by atoms with van der Waals surface area (Å²) in [5, 5.41) is 0. The standard InChI is InChI=1S/C53H49BF10N2O2/c1-32-17-19-35(20-18-32)45-38-13-9-10-14-39(38)46(65-45)44(40-15-11-12-16-42(40)52(59,60)61)47-41(33-21-25-36(26-22-33)48(2,3)4)29-43(34-23-27-37(28-24-34)49(5,6)7)66(47)54(67-30-50(8,55)56)68-31-51(57,58)53(62,63)64/h9-29H,30-31H2,1-8H3/b46-44-. The second kappa shape index (κ2) is 18.2. The zero-order chi connectivity index (χ0) is 49.8. The van der Waals surface area contributed by atoms with Crippen molar-refractivity contribution in [3.63, 3.8) is 0 Å². The maximum atomic E-state index is 15.6. The van der Waals surface area contributed by atoms with E-state index in [1.807, 2.05) is 60.6 Å². The molecular weight excluding hydrogens is 897 g/mol. The summed E-state index contributed by atoms with van der Waals surface area (Å²) in [5.41, 5.74) is 2.17. The Balaban J connectivity index is 1.71. The van der Waals surface area contributed by atoms with Gasteiger partial charge in [-0.15, -0.1) is 0 Å². The first-order chi connectivity index (χ1) is 31.5. The molecule has 0 N–H and O–H groups in total. The van der Waals surface area contributed by atoms with Crippen molar-refractivity contribution >= 4 is 24.2 Å². The summed E-state index contributed by atoms with van der Waals surface area (Å²) in [6.45, 7) is 10.1. The molecule has 0 spiro atoms. The smallest absolute Gasteiger partial charge is 0.385 e. The number of fused-ring (bicyclic) bond motifs is 1. The largest absolute Gasteiger partial charge is 0.598 e. The highest BCUT2D eigenvalue weighted by Gasteiger charge is 2.58. The fraction of sp³-hybridized carbons (Fsp3) is 0.302. The van der Waals surface area contributed by atoms with Crippen LogP contribution in [0.4, 0.5) is 43.9 Å². The van der Waals surface area contributed by atoms with E-state index < -0.39 is 61.2 Å². The Hall–Kier alpha value is -5.93. The molecule has 0 bridgehead atoms. The number of hydrogen-bond donors (Lipinski definition) is 0. The molecule has 1 aliphatic heterocycles. The third-order valence-electron chi connectivity index (χ3n) is 11.6. The van der Waals surface area contributed by atoms with Gasteiger partial charge in [-0.3, -0.25) is 0 Å². The first kappa shape index (κ1) is 50.0. The van der Waals surface area contributed by atoms with E-state index in [4.69, 9.17) is 14.3 Å². The molecule has 0 saturated heterocycles. The number of alkyl halides is 10. The zero-order valence-electron chi connectivity index (χ0n) is 38.6. The Labute approximate surface area is 389 Å². The summed E-state index contributed by atoms with van der Waals surface area (Å²) < 4.78 is 160. The number of benzene rings is 5. The van der Waals surface area contributed by atoms with E-state index in [1.54, 1.807) is 84.9 Å². The highest BCUT2D eigenvalue weighted by molar-refractivity contribution is 6.44. The molecule has 5 aromatic carbocycles. The second-order valence-electron chi connectivity index (χ2n) is 19.2. The van der Waals surface area contributed by atoms with Gasteiger partial charge in [-0.2, -0.15) is 35.1 Å². The number of halogens is 10. The first-order valence-corrected chi connectivity index (χ1v) is 21.7. The van der Waals surface area contributed by atoms with Crippen LogP contribution in [0.5, 0.6) is 0 Å². The minimum absolute atomic E-state index is 0.0355. The lowest BCUT2D eigenvalue weighted by Crippen LogP contribution is -2.46. The molecule has 0 saturated carbocycles. The van der Waals surface area contributed by atoms with E-state index in [0.717, 1.165) is 27.2 Å². The molecule has 1 aromatic heterocycles. The maximum absolute atomic E-state index is 15.6. The van der Waals surface area contributed by atoms with Gasteiger partial charge in [0, 0.05) is 40.4 Å². The van der Waals surface area contributed by atoms with Gasteiger partial charge < -0.3 is 13.8 Å². The first-order valence-electron chi connectivity index (χ1n) is 21.7. The molecule has 0 amide bonds. The summed E-state index contributed by atoms with van der Waals surface area (Å²) in [5.74, 6) is -9.23. The van der Waals surface area contributed by atoms with E-state index in [2.05, 4.69) is 0 Å². The number of aromatic nitrogens is 1. The lowest BCUT2D eigenvalue weighted by molar-refractivity contribution is -0.291. The van der Waals surface area contributed by atoms with E-state index in [0.29, 0.717) is 34.9 Å². The third-order valence-corrected chi connectivity index (χ3v) is 11.6. The summed E-state index contributed by atoms with van der Waals surface area (Å²) in [6, 6.07) is 33.9. The number of aliphatic imine (C=N–C) groups is 1. The van der Waals surface area contributed by atoms with E-state index in [-0.39, 0.29) is 39.2 Å². The van der Waals surface area contributed by atoms with Crippen LogP contribution in [0.25, 0.3) is 33.7 Å². The summed E-state index contributed by atoms with van der Waals surface area (Å²) >= 11 is 0. The van der Waals surface area contributed by atoms with Crippen molar-refractivity contribution in [2.75, 3.05) is 13.2 Å². The average molecular weight is 947 g/mol. The predicted molar refractivity (Wildman–Crippen MR) is 248 cm³/mol. The Bertz CT molecular complexity index is 2840. The molecule has 0 unspecified atom stereocenters. The van der Waals surface area contributed by atoms with Gasteiger partial charge in [-0.1, -0.05) is 162 Å². The molecule has 6 aromatic rings. The van der Waals surface area contributed by atoms with Gasteiger partial charge in [0.05, 0.1) is 29.3 Å². The Morgan fingerprint density at radius 1 is 0.559 bits per heavy atom. The molecular formula is C53H49BF10N2O2. The molecule has 4 nitrogen and oxygen atoms in total. The fourth-order valence-corrected chi connectivity index (χ4v) is 7.97. The molecule has 1 aliphatic rings. The molecule has 15 heteroatoms. The van der Waals surface area contributed by atoms with Crippen LogP contribution < -0.4 is 0 Å². The topological polar surface area (TPSA) is 35.8 Å². The maximum Gasteiger partial charge on any atom is 0.598 e. The lowest BCUT2D eigenvalue weighted by atomic mass is 9.85. The minimum atomic E-state index is -6.15. The molecule has 68 heavy (non-hydrogen) atoms. The normalized spacial score (nSPS) is 14.5. The molecule has 0 atom stereocenters. The SMILES string of the molecule is Cc1ccc(C2=N/C(=C(/c3ccccc3C(F)(F)F)c3c(-c4ccc(C(C)(C)C)cc4)cc(-c4ccc(C(C)(C)C)cc4)n3B(OCC(C)(F)F)OCC(F)(F)C(F)(F)F)c3ccccc32)cc1. The van der Waals surface area contributed by atoms with Crippen molar-refractivity contribution in [3.05, 3.63) is 178 Å². The molecule has 0 aliphatic carbocycles. The second-order valence-corrected chi connectivity index (χ2v) is 19.2. The molecule has 356 valence electrons. The Kier molecular flexibility index (Phi) is 13.4. The summed E-state index contributed by atoms with van der Waals surface area (Å²) in [6.07, 6.45) is -11.2. The van der Waals surface area contributed by atoms with Gasteiger partial charge in [-0.05, 0) is 57.7 Å². The highest BCUT2D eigenvalue weighted by Crippen LogP contribution is 2.49. The van der Waals surface area contributed by atoms with Crippen molar-refractivity contribution in [1.82, 2.24) is 4.48 Å². The van der Waals surface area contributed by atoms with Crippen molar-refractivity contribution < 1.29 is 53.2 Å². The van der Waals surface area contributed by atoms with Crippen LogP contribution in [0.2, 0.25) is 0 Å². The number of aryl methyl sites for hydroxylation is 1. The predicted octanol–water partition coefficient (Wildman–Crippen LogP) is 15.2. The van der Waals surface area contributed by atoms with Crippen LogP contribution >= 0.6 is 0 Å². The van der Waals surface area contributed by atoms with Crippen molar-refractivity contribution in [2.45, 2.75) is 90.4 Å². The van der Waals surface area contributed by atoms with E-state index >= 15 is 13.2 Å². The van der Waals surface area contributed by atoms with Crippen molar-refractivity contribution in [3.8, 4) is 22.4 Å². The average Bonchev–Trinajstić information content (AvgIpc) is 3.82. The summed E-state index contributed by atoms with van der Waals surface area (Å²) in [7, 11) is -2.55. The number of hydrogen-bond acceptors (Lipinski definition) is 3. The number of rotatable bonds is 12. The minimum Gasteiger partial charge on any atom is -0.385 e. The highest BCUT2D eigenvalue weighted by atomic mass is 19.4. The van der Waals surface area contributed by atoms with Crippen molar-refractivity contribution in [1.29, 1.82) is 0 Å². The molecule has 0 radical (unpaired) electrons. The van der Waals surface area contributed by atoms with Crippen LogP contribution in [0.3, 0.4) is 0 Å². The van der Waals surface area contributed by atoms with Gasteiger partial charge in [0.1, 0.15) is 6.61 Å². The van der Waals surface area contributed by atoms with Crippen LogP contribution in [-0.2, 0) is 26.3 Å². The van der Waals surface area contributed by atoms with E-state index in [1.165, 1.54) is 24.3 Å². The molecule has 7 rings (SSSR count). The zero-order valence-corrected chi connectivity index (χ0v) is 38.6. The van der Waals surface area contributed by atoms with Crippen LogP contribution in [-0.4, -0.2) is 48.7 Å². The van der Waals surface area contributed by atoms with Crippen LogP contribution in [0, 0.1) is 6.92 Å². The van der Waals surface area contributed by atoms with Crippen molar-refractivity contribution in [2.24, 2.45) is 4.99 Å². The van der Waals surface area contributed by atoms with Crippen LogP contribution in [0.15, 0.2) is 132 Å². The summed E-state index contributed by atoms with van der Waals surface area (Å²) in [4.78, 5) is 5.08. The van der Waals surface area contributed by atoms with Gasteiger partial charge in [0.2, 0.25) is 0 Å². The van der Waals surface area contributed by atoms with Gasteiger partial charge >= 0.3 is 25.5 Å². The van der Waals surface area contributed by atoms with E-state index in [9.17, 15) is 30.7 Å². The fourth-order valence-electron chi connectivity index (χ4n) is 7.97. The monoisotopic (exact) mass is 946 g/mol. The van der Waals surface area contributed by atoms with Crippen LogP contribution in [0.1, 0.15) is 98.7 Å². The lowest BCUT2D eigenvalue weighted by Gasteiger charge is -2.27. The van der Waals surface area contributed by atoms with Gasteiger partial charge in [-0.25, -0.2) is 13.8 Å². The van der Waals surface area contributed by atoms with Gasteiger partial charge in [0.15, 0.2) is 0 Å². The Morgan fingerprint density at radius 3 is 1.59 bits per heavy atom. The molecule has 0 fully saturated rings. The molecule has 2 heterocycles. The quantitative estimate of drug-likeness (QED) is 0.0905. The third kappa shape index (κ3) is 10.5. The van der Waals surface area contributed by atoms with Gasteiger partial charge in [0.25, 0.3) is 5.92 Å².